The summed E-state index contributed by atoms with van der Waals surface area (Å²) in [5, 5.41) is 7.18. The lowest BCUT2D eigenvalue weighted by Crippen LogP contribution is -2.32. The summed E-state index contributed by atoms with van der Waals surface area (Å²) in [6, 6.07) is 9.33. The molecule has 4 N–H and O–H groups in total. The molecule has 8 nitrogen and oxygen atoms in total. The highest BCUT2D eigenvalue weighted by atomic mass is 35.5. The van der Waals surface area contributed by atoms with Gasteiger partial charge >= 0.3 is 6.03 Å². The third-order valence-electron chi connectivity index (χ3n) is 5.81. The Morgan fingerprint density at radius 3 is 2.91 bits per heavy atom. The number of pyridine rings is 1. The first-order chi connectivity index (χ1) is 16.9. The molecule has 180 valence electrons. The molecule has 0 spiro atoms. The fraction of sp³-hybridized carbons (Fsp3) is 0.250. The van der Waals surface area contributed by atoms with Crippen LogP contribution in [0.5, 0.6) is 0 Å². The lowest BCUT2D eigenvalue weighted by molar-refractivity contribution is 0.219. The van der Waals surface area contributed by atoms with E-state index in [2.05, 4.69) is 25.6 Å². The van der Waals surface area contributed by atoms with Crippen molar-refractivity contribution in [2.45, 2.75) is 13.0 Å². The molecule has 0 bridgehead atoms. The van der Waals surface area contributed by atoms with Crippen LogP contribution in [0.15, 0.2) is 42.7 Å². The average Bonchev–Trinajstić information content (AvgIpc) is 3.45. The molecule has 2 amide bonds. The number of nitrogens with two attached hydrogens (primary N) is 1. The molecular weight excluding hydrogens is 489 g/mol. The third kappa shape index (κ3) is 4.77. The van der Waals surface area contributed by atoms with Gasteiger partial charge in [-0.25, -0.2) is 24.1 Å². The smallest absolute Gasteiger partial charge is 0.317 e. The normalized spacial score (nSPS) is 14.4. The van der Waals surface area contributed by atoms with Crippen molar-refractivity contribution in [1.82, 2.24) is 25.2 Å². The number of halogens is 2. The summed E-state index contributed by atoms with van der Waals surface area (Å²) >= 11 is 7.65. The summed E-state index contributed by atoms with van der Waals surface area (Å²) < 4.78 is 15.8. The molecule has 1 aliphatic heterocycles. The van der Waals surface area contributed by atoms with E-state index in [1.807, 2.05) is 37.3 Å². The van der Waals surface area contributed by atoms with Gasteiger partial charge in [0.1, 0.15) is 10.8 Å². The predicted molar refractivity (Wildman–Crippen MR) is 137 cm³/mol. The van der Waals surface area contributed by atoms with Gasteiger partial charge in [-0.2, -0.15) is 0 Å². The van der Waals surface area contributed by atoms with Gasteiger partial charge in [-0.15, -0.1) is 11.3 Å². The molecule has 1 fully saturated rings. The van der Waals surface area contributed by atoms with Crippen molar-refractivity contribution in [3.05, 3.63) is 59.3 Å². The number of hydrogen-bond acceptors (Lipinski definition) is 7. The summed E-state index contributed by atoms with van der Waals surface area (Å²) in [5.74, 6) is -0.204. The number of amides is 2. The van der Waals surface area contributed by atoms with Crippen LogP contribution in [0, 0.1) is 5.82 Å². The van der Waals surface area contributed by atoms with Crippen LogP contribution >= 0.6 is 22.9 Å². The standard InChI is InChI=1S/C24H23ClFN7OS/c1-13(27)17-11-30-20(25)10-16(17)15-4-2-3-14-9-19(35-22(14)15)21-18(26)12-31-23(32-21)28-5-7-33-8-6-29-24(33)34/h2-4,9-13H,5-8,27H2,1H3,(H,29,34)(H,28,31,32). The first-order valence-electron chi connectivity index (χ1n) is 11.1. The number of thiophene rings is 1. The Morgan fingerprint density at radius 2 is 2.14 bits per heavy atom. The van der Waals surface area contributed by atoms with Crippen molar-refractivity contribution in [3.8, 4) is 21.7 Å². The second-order valence-corrected chi connectivity index (χ2v) is 9.69. The molecule has 11 heteroatoms. The zero-order valence-corrected chi connectivity index (χ0v) is 20.5. The van der Waals surface area contributed by atoms with E-state index in [0.29, 0.717) is 42.2 Å². The van der Waals surface area contributed by atoms with E-state index < -0.39 is 5.82 Å². The van der Waals surface area contributed by atoms with Gasteiger partial charge in [0.05, 0.1) is 11.1 Å². The zero-order chi connectivity index (χ0) is 24.5. The summed E-state index contributed by atoms with van der Waals surface area (Å²) in [4.78, 5) is 26.7. The number of rotatable bonds is 7. The number of anilines is 1. The maximum absolute atomic E-state index is 14.8. The molecule has 5 rings (SSSR count). The van der Waals surface area contributed by atoms with E-state index in [-0.39, 0.29) is 17.8 Å². The Bertz CT molecular complexity index is 1410. The van der Waals surface area contributed by atoms with Crippen molar-refractivity contribution in [2.24, 2.45) is 5.73 Å². The minimum atomic E-state index is -0.509. The minimum Gasteiger partial charge on any atom is -0.352 e. The number of fused-ring (bicyclic) bond motifs is 1. The van der Waals surface area contributed by atoms with Gasteiger partial charge in [0, 0.05) is 48.7 Å². The first-order valence-corrected chi connectivity index (χ1v) is 12.3. The topological polar surface area (TPSA) is 109 Å². The molecule has 0 radical (unpaired) electrons. The number of urea groups is 1. The van der Waals surface area contributed by atoms with E-state index >= 15 is 0 Å². The number of carbonyl (C=O) groups excluding carboxylic acids is 1. The van der Waals surface area contributed by atoms with Crippen LogP contribution in [-0.4, -0.2) is 52.1 Å². The molecule has 1 aromatic carbocycles. The second-order valence-electron chi connectivity index (χ2n) is 8.25. The Hall–Kier alpha value is -3.34. The molecule has 4 heterocycles. The predicted octanol–water partition coefficient (Wildman–Crippen LogP) is 4.67. The molecule has 35 heavy (non-hydrogen) atoms. The van der Waals surface area contributed by atoms with Crippen LogP contribution in [-0.2, 0) is 0 Å². The van der Waals surface area contributed by atoms with Crippen molar-refractivity contribution >= 4 is 45.0 Å². The van der Waals surface area contributed by atoms with E-state index in [1.165, 1.54) is 11.3 Å². The Kier molecular flexibility index (Phi) is 6.50. The molecule has 0 saturated carbocycles. The highest BCUT2D eigenvalue weighted by Crippen LogP contribution is 2.41. The largest absolute Gasteiger partial charge is 0.352 e. The monoisotopic (exact) mass is 511 g/mol. The van der Waals surface area contributed by atoms with E-state index in [1.54, 1.807) is 11.1 Å². The molecule has 1 saturated heterocycles. The van der Waals surface area contributed by atoms with Crippen molar-refractivity contribution in [3.63, 3.8) is 0 Å². The van der Waals surface area contributed by atoms with Gasteiger partial charge in [-0.3, -0.25) is 0 Å². The minimum absolute atomic E-state index is 0.0868. The summed E-state index contributed by atoms with van der Waals surface area (Å²) in [6.07, 6.45) is 2.86. The van der Waals surface area contributed by atoms with Crippen LogP contribution in [0.1, 0.15) is 18.5 Å². The average molecular weight is 512 g/mol. The van der Waals surface area contributed by atoms with E-state index in [0.717, 1.165) is 33.0 Å². The van der Waals surface area contributed by atoms with E-state index in [9.17, 15) is 9.18 Å². The van der Waals surface area contributed by atoms with Gasteiger partial charge in [0.25, 0.3) is 0 Å². The van der Waals surface area contributed by atoms with Gasteiger partial charge in [-0.05, 0) is 35.6 Å². The number of aromatic nitrogens is 3. The molecule has 1 aliphatic rings. The lowest BCUT2D eigenvalue weighted by Gasteiger charge is -2.14. The highest BCUT2D eigenvalue weighted by Gasteiger charge is 2.20. The second kappa shape index (κ2) is 9.73. The van der Waals surface area contributed by atoms with Gasteiger partial charge in [0.2, 0.25) is 5.95 Å². The summed E-state index contributed by atoms with van der Waals surface area (Å²) in [6.45, 7) is 4.16. The zero-order valence-electron chi connectivity index (χ0n) is 18.9. The summed E-state index contributed by atoms with van der Waals surface area (Å²) in [5.41, 5.74) is 9.13. The highest BCUT2D eigenvalue weighted by molar-refractivity contribution is 7.22. The molecule has 1 atom stereocenters. The quantitative estimate of drug-likeness (QED) is 0.311. The number of nitrogens with zero attached hydrogens (tertiary/aromatic N) is 4. The Morgan fingerprint density at radius 1 is 1.29 bits per heavy atom. The van der Waals surface area contributed by atoms with Crippen LogP contribution in [0.3, 0.4) is 0 Å². The Labute approximate surface area is 210 Å². The number of nitrogens with one attached hydrogen (secondary N) is 2. The summed E-state index contributed by atoms with van der Waals surface area (Å²) in [7, 11) is 0. The molecule has 4 aromatic rings. The lowest BCUT2D eigenvalue weighted by atomic mass is 9.97. The van der Waals surface area contributed by atoms with Crippen LogP contribution in [0.2, 0.25) is 5.15 Å². The van der Waals surface area contributed by atoms with Crippen LogP contribution in [0.25, 0.3) is 31.8 Å². The number of hydrogen-bond donors (Lipinski definition) is 3. The van der Waals surface area contributed by atoms with Crippen molar-refractivity contribution < 1.29 is 9.18 Å². The number of benzene rings is 1. The SMILES string of the molecule is CC(N)c1cnc(Cl)cc1-c1cccc2cc(-c3nc(NCCN4CCNC4=O)ncc3F)sc12. The fourth-order valence-corrected chi connectivity index (χ4v) is 5.42. The van der Waals surface area contributed by atoms with Gasteiger partial charge in [-0.1, -0.05) is 29.8 Å². The third-order valence-corrected chi connectivity index (χ3v) is 7.21. The van der Waals surface area contributed by atoms with Crippen LogP contribution in [0.4, 0.5) is 15.1 Å². The van der Waals surface area contributed by atoms with Crippen LogP contribution < -0.4 is 16.4 Å². The molecule has 3 aromatic heterocycles. The molecule has 1 unspecified atom stereocenters. The molecule has 0 aliphatic carbocycles. The Balaban J connectivity index is 1.47. The van der Waals surface area contributed by atoms with E-state index in [4.69, 9.17) is 17.3 Å². The number of carbonyl (C=O) groups is 1. The molecular formula is C24H23ClFN7OS. The maximum Gasteiger partial charge on any atom is 0.317 e. The van der Waals surface area contributed by atoms with Gasteiger partial charge in [0.15, 0.2) is 5.82 Å². The fourth-order valence-electron chi connectivity index (χ4n) is 4.08. The first kappa shape index (κ1) is 23.4. The maximum atomic E-state index is 14.8. The van der Waals surface area contributed by atoms with Gasteiger partial charge < -0.3 is 21.3 Å². The van der Waals surface area contributed by atoms with Crippen molar-refractivity contribution in [1.29, 1.82) is 0 Å². The van der Waals surface area contributed by atoms with Crippen molar-refractivity contribution in [2.75, 3.05) is 31.5 Å².